The van der Waals surface area contributed by atoms with Crippen LogP contribution in [0.2, 0.25) is 0 Å². The van der Waals surface area contributed by atoms with Gasteiger partial charge in [-0.3, -0.25) is 0 Å². The summed E-state index contributed by atoms with van der Waals surface area (Å²) in [4.78, 5) is 0. The molecule has 0 aliphatic rings. The van der Waals surface area contributed by atoms with Crippen molar-refractivity contribution in [2.75, 3.05) is 41.2 Å². The molecule has 0 bridgehead atoms. The minimum atomic E-state index is -3.08. The SMILES string of the molecule is CCO[Si](OCC)(OCC)c1cc(OC)c(OC)cc1OC. The van der Waals surface area contributed by atoms with E-state index >= 15 is 0 Å². The van der Waals surface area contributed by atoms with E-state index in [1.807, 2.05) is 26.8 Å². The molecule has 126 valence electrons. The number of benzene rings is 1. The van der Waals surface area contributed by atoms with Gasteiger partial charge in [0.15, 0.2) is 11.5 Å². The van der Waals surface area contributed by atoms with Crippen molar-refractivity contribution >= 4 is 14.0 Å². The molecule has 0 heterocycles. The Kier molecular flexibility index (Phi) is 7.67. The number of methoxy groups -OCH3 is 3. The van der Waals surface area contributed by atoms with Gasteiger partial charge in [-0.05, 0) is 26.8 Å². The van der Waals surface area contributed by atoms with E-state index in [0.29, 0.717) is 37.1 Å². The predicted octanol–water partition coefficient (Wildman–Crippen LogP) is 1.97. The molecular formula is C15H26O6Si. The van der Waals surface area contributed by atoms with E-state index < -0.39 is 8.80 Å². The molecule has 1 aromatic carbocycles. The van der Waals surface area contributed by atoms with Crippen LogP contribution in [-0.2, 0) is 13.3 Å². The molecule has 0 saturated heterocycles. The van der Waals surface area contributed by atoms with Gasteiger partial charge in [0.25, 0.3) is 0 Å². The lowest BCUT2D eigenvalue weighted by Gasteiger charge is -2.30. The molecule has 0 aromatic heterocycles. The maximum Gasteiger partial charge on any atom is 0.541 e. The summed E-state index contributed by atoms with van der Waals surface area (Å²) in [6.07, 6.45) is 0. The van der Waals surface area contributed by atoms with Crippen LogP contribution in [0.3, 0.4) is 0 Å². The van der Waals surface area contributed by atoms with E-state index in [4.69, 9.17) is 27.5 Å². The highest BCUT2D eigenvalue weighted by Gasteiger charge is 2.46. The highest BCUT2D eigenvalue weighted by molar-refractivity contribution is 6.76. The lowest BCUT2D eigenvalue weighted by molar-refractivity contribution is 0.0853. The largest absolute Gasteiger partial charge is 0.541 e. The van der Waals surface area contributed by atoms with Crippen molar-refractivity contribution in [2.45, 2.75) is 20.8 Å². The Morgan fingerprint density at radius 3 is 1.45 bits per heavy atom. The fraction of sp³-hybridized carbons (Fsp3) is 0.600. The highest BCUT2D eigenvalue weighted by atomic mass is 28.4. The molecule has 0 N–H and O–H groups in total. The van der Waals surface area contributed by atoms with Crippen LogP contribution >= 0.6 is 0 Å². The van der Waals surface area contributed by atoms with Gasteiger partial charge in [-0.2, -0.15) is 0 Å². The summed E-state index contributed by atoms with van der Waals surface area (Å²) in [6.45, 7) is 7.16. The maximum absolute atomic E-state index is 5.93. The van der Waals surface area contributed by atoms with Crippen molar-refractivity contribution in [1.82, 2.24) is 0 Å². The summed E-state index contributed by atoms with van der Waals surface area (Å²) in [5.41, 5.74) is 0. The number of rotatable bonds is 10. The molecule has 0 saturated carbocycles. The molecule has 1 aromatic rings. The van der Waals surface area contributed by atoms with Gasteiger partial charge in [0, 0.05) is 25.9 Å². The maximum atomic E-state index is 5.93. The lowest BCUT2D eigenvalue weighted by Crippen LogP contribution is -2.57. The Morgan fingerprint density at radius 2 is 1.09 bits per heavy atom. The molecule has 6 nitrogen and oxygen atoms in total. The first kappa shape index (κ1) is 18.8. The minimum absolute atomic E-state index is 0.476. The number of ether oxygens (including phenoxy) is 3. The van der Waals surface area contributed by atoms with Gasteiger partial charge in [0.05, 0.1) is 26.5 Å². The highest BCUT2D eigenvalue weighted by Crippen LogP contribution is 2.32. The predicted molar refractivity (Wildman–Crippen MR) is 86.4 cm³/mol. The molecule has 0 fully saturated rings. The Morgan fingerprint density at radius 1 is 0.682 bits per heavy atom. The normalized spacial score (nSPS) is 11.4. The van der Waals surface area contributed by atoms with Crippen LogP contribution in [0, 0.1) is 0 Å². The summed E-state index contributed by atoms with van der Waals surface area (Å²) >= 11 is 0. The van der Waals surface area contributed by atoms with Gasteiger partial charge in [-0.25, -0.2) is 0 Å². The topological polar surface area (TPSA) is 55.4 Å². The zero-order valence-corrected chi connectivity index (χ0v) is 15.2. The van der Waals surface area contributed by atoms with Crippen molar-refractivity contribution in [1.29, 1.82) is 0 Å². The molecule has 0 radical (unpaired) electrons. The van der Waals surface area contributed by atoms with Crippen LogP contribution in [0.25, 0.3) is 0 Å². The number of hydrogen-bond acceptors (Lipinski definition) is 6. The van der Waals surface area contributed by atoms with Crippen molar-refractivity contribution in [3.8, 4) is 17.2 Å². The molecule has 0 atom stereocenters. The van der Waals surface area contributed by atoms with E-state index in [1.54, 1.807) is 27.4 Å². The second-order valence-corrected chi connectivity index (χ2v) is 6.78. The Hall–Kier alpha value is -1.28. The van der Waals surface area contributed by atoms with Crippen LogP contribution in [0.5, 0.6) is 17.2 Å². The van der Waals surface area contributed by atoms with E-state index in [2.05, 4.69) is 0 Å². The number of hydrogen-bond donors (Lipinski definition) is 0. The monoisotopic (exact) mass is 330 g/mol. The summed E-state index contributed by atoms with van der Waals surface area (Å²) in [7, 11) is 1.67. The van der Waals surface area contributed by atoms with Crippen molar-refractivity contribution in [3.05, 3.63) is 12.1 Å². The first-order valence-corrected chi connectivity index (χ1v) is 9.07. The van der Waals surface area contributed by atoms with Crippen LogP contribution in [-0.4, -0.2) is 50.0 Å². The molecule has 0 unspecified atom stereocenters. The second-order valence-electron chi connectivity index (χ2n) is 4.26. The van der Waals surface area contributed by atoms with Gasteiger partial charge in [-0.1, -0.05) is 0 Å². The van der Waals surface area contributed by atoms with E-state index in [-0.39, 0.29) is 0 Å². The summed E-state index contributed by atoms with van der Waals surface area (Å²) in [5, 5.41) is 0.734. The second kappa shape index (κ2) is 8.99. The van der Waals surface area contributed by atoms with Gasteiger partial charge < -0.3 is 27.5 Å². The molecule has 0 aliphatic carbocycles. The van der Waals surface area contributed by atoms with Crippen LogP contribution in [0.4, 0.5) is 0 Å². The molecule has 1 rings (SSSR count). The third-order valence-corrected chi connectivity index (χ3v) is 6.10. The van der Waals surface area contributed by atoms with Crippen molar-refractivity contribution in [3.63, 3.8) is 0 Å². The Bertz CT molecular complexity index is 449. The average molecular weight is 330 g/mol. The summed E-state index contributed by atoms with van der Waals surface area (Å²) in [5.74, 6) is 1.75. The molecule has 0 spiro atoms. The van der Waals surface area contributed by atoms with E-state index in [1.165, 1.54) is 0 Å². The first-order valence-electron chi connectivity index (χ1n) is 7.34. The minimum Gasteiger partial charge on any atom is -0.496 e. The molecule has 22 heavy (non-hydrogen) atoms. The average Bonchev–Trinajstić information content (AvgIpc) is 2.54. The fourth-order valence-corrected chi connectivity index (χ4v) is 4.84. The third kappa shape index (κ3) is 3.92. The molecule has 7 heteroatoms. The molecule has 0 aliphatic heterocycles. The van der Waals surface area contributed by atoms with Gasteiger partial charge in [0.2, 0.25) is 0 Å². The van der Waals surface area contributed by atoms with Gasteiger partial charge in [-0.15, -0.1) is 0 Å². The van der Waals surface area contributed by atoms with Crippen molar-refractivity contribution in [2.24, 2.45) is 0 Å². The van der Waals surface area contributed by atoms with Gasteiger partial charge in [0.1, 0.15) is 5.75 Å². The summed E-state index contributed by atoms with van der Waals surface area (Å²) in [6, 6.07) is 3.57. The zero-order valence-electron chi connectivity index (χ0n) is 14.2. The summed E-state index contributed by atoms with van der Waals surface area (Å²) < 4.78 is 34.0. The standard InChI is InChI=1S/C15H26O6Si/c1-7-19-22(20-8-2,21-9-3)15-11-13(17-5)12(16-4)10-14(15)18-6/h10-11H,7-9H2,1-6H3. The van der Waals surface area contributed by atoms with Crippen LogP contribution in [0.15, 0.2) is 12.1 Å². The third-order valence-electron chi connectivity index (χ3n) is 3.04. The zero-order chi connectivity index (χ0) is 16.6. The van der Waals surface area contributed by atoms with Crippen LogP contribution in [0.1, 0.15) is 20.8 Å². The van der Waals surface area contributed by atoms with Crippen molar-refractivity contribution < 1.29 is 27.5 Å². The lowest BCUT2D eigenvalue weighted by atomic mass is 10.3. The first-order chi connectivity index (χ1) is 10.6. The fourth-order valence-electron chi connectivity index (χ4n) is 2.20. The van der Waals surface area contributed by atoms with E-state index in [0.717, 1.165) is 5.19 Å². The quantitative estimate of drug-likeness (QED) is 0.611. The van der Waals surface area contributed by atoms with Gasteiger partial charge >= 0.3 is 8.80 Å². The Balaban J connectivity index is 3.50. The van der Waals surface area contributed by atoms with Crippen LogP contribution < -0.4 is 19.4 Å². The smallest absolute Gasteiger partial charge is 0.496 e. The molecule has 0 amide bonds. The molecular weight excluding hydrogens is 304 g/mol. The van der Waals surface area contributed by atoms with E-state index in [9.17, 15) is 0 Å². The Labute approximate surface area is 133 Å².